The van der Waals surface area contributed by atoms with Gasteiger partial charge < -0.3 is 31.5 Å². The molecule has 1 heterocycles. The van der Waals surface area contributed by atoms with E-state index in [1.165, 1.54) is 4.90 Å². The zero-order valence-electron chi connectivity index (χ0n) is 10.7. The summed E-state index contributed by atoms with van der Waals surface area (Å²) in [6, 6.07) is 0. The minimum atomic E-state index is -1.49. The second kappa shape index (κ2) is 6.33. The molecule has 9 heteroatoms. The third kappa shape index (κ3) is 3.66. The Bertz CT molecular complexity index is 354. The number of amides is 1. The van der Waals surface area contributed by atoms with Crippen LogP contribution in [0.4, 0.5) is 0 Å². The van der Waals surface area contributed by atoms with Gasteiger partial charge in [0, 0.05) is 19.0 Å². The van der Waals surface area contributed by atoms with Gasteiger partial charge in [-0.15, -0.1) is 0 Å². The predicted octanol–water partition coefficient (Wildman–Crippen LogP) is -2.56. The summed E-state index contributed by atoms with van der Waals surface area (Å²) in [6.07, 6.45) is 0.991. The summed E-state index contributed by atoms with van der Waals surface area (Å²) in [5.41, 5.74) is 9.65. The van der Waals surface area contributed by atoms with Crippen LogP contribution in [0.15, 0.2) is 0 Å². The van der Waals surface area contributed by atoms with Crippen molar-refractivity contribution in [1.82, 2.24) is 4.90 Å². The molecule has 1 rings (SSSR count). The van der Waals surface area contributed by atoms with Crippen LogP contribution >= 0.6 is 0 Å². The Morgan fingerprint density at radius 1 is 1.42 bits per heavy atom. The average Bonchev–Trinajstić information content (AvgIpc) is 2.67. The molecule has 0 aromatic carbocycles. The van der Waals surface area contributed by atoms with Crippen LogP contribution in [0.25, 0.3) is 0 Å². The molecule has 0 spiro atoms. The molecule has 0 aliphatic carbocycles. The fourth-order valence-electron chi connectivity index (χ4n) is 2.40. The summed E-state index contributed by atoms with van der Waals surface area (Å²) in [5, 5.41) is 26.8. The van der Waals surface area contributed by atoms with Crippen LogP contribution in [0.5, 0.6) is 0 Å². The van der Waals surface area contributed by atoms with E-state index < -0.39 is 24.5 Å². The average molecular weight is 273 g/mol. The number of carbonyl (C=O) groups excluding carboxylic acids is 1. The standard InChI is InChI=1S/C10H20BN3O5/c12-4-8(15)14-5-7(2-1-3-11(18)19)10(13,6-14)9(16)17/h7,18-19H,1-6,12-13H2,(H,16,17)/t7-,10-/m0/s1. The Labute approximate surface area is 111 Å². The minimum Gasteiger partial charge on any atom is -0.480 e. The van der Waals surface area contributed by atoms with Gasteiger partial charge in [-0.2, -0.15) is 0 Å². The first-order valence-corrected chi connectivity index (χ1v) is 6.17. The summed E-state index contributed by atoms with van der Waals surface area (Å²) in [5.74, 6) is -1.91. The van der Waals surface area contributed by atoms with Crippen molar-refractivity contribution in [1.29, 1.82) is 0 Å². The van der Waals surface area contributed by atoms with E-state index in [0.29, 0.717) is 12.8 Å². The molecule has 19 heavy (non-hydrogen) atoms. The predicted molar refractivity (Wildman–Crippen MR) is 67.9 cm³/mol. The third-order valence-electron chi connectivity index (χ3n) is 3.56. The van der Waals surface area contributed by atoms with Crippen LogP contribution in [0.2, 0.25) is 6.32 Å². The van der Waals surface area contributed by atoms with E-state index in [1.54, 1.807) is 0 Å². The van der Waals surface area contributed by atoms with Gasteiger partial charge in [-0.1, -0.05) is 6.42 Å². The van der Waals surface area contributed by atoms with Crippen molar-refractivity contribution in [3.8, 4) is 0 Å². The van der Waals surface area contributed by atoms with Crippen LogP contribution in [-0.4, -0.2) is 64.2 Å². The molecule has 0 unspecified atom stereocenters. The highest BCUT2D eigenvalue weighted by molar-refractivity contribution is 6.40. The largest absolute Gasteiger partial charge is 0.480 e. The van der Waals surface area contributed by atoms with Crippen molar-refractivity contribution in [3.05, 3.63) is 0 Å². The number of aliphatic carboxylic acids is 1. The summed E-state index contributed by atoms with van der Waals surface area (Å²) < 4.78 is 0. The molecule has 2 atom stereocenters. The van der Waals surface area contributed by atoms with E-state index in [9.17, 15) is 14.7 Å². The fourth-order valence-corrected chi connectivity index (χ4v) is 2.40. The van der Waals surface area contributed by atoms with Crippen molar-refractivity contribution in [2.24, 2.45) is 17.4 Å². The topological polar surface area (TPSA) is 150 Å². The van der Waals surface area contributed by atoms with E-state index in [2.05, 4.69) is 0 Å². The van der Waals surface area contributed by atoms with E-state index in [-0.39, 0.29) is 31.9 Å². The molecule has 1 saturated heterocycles. The van der Waals surface area contributed by atoms with E-state index >= 15 is 0 Å². The molecule has 0 aromatic rings. The molecule has 108 valence electrons. The number of nitrogens with zero attached hydrogens (tertiary/aromatic N) is 1. The van der Waals surface area contributed by atoms with Crippen molar-refractivity contribution < 1.29 is 24.7 Å². The number of rotatable bonds is 6. The van der Waals surface area contributed by atoms with Crippen LogP contribution in [-0.2, 0) is 9.59 Å². The van der Waals surface area contributed by atoms with Crippen molar-refractivity contribution in [3.63, 3.8) is 0 Å². The Balaban J connectivity index is 2.70. The van der Waals surface area contributed by atoms with Crippen molar-refractivity contribution in [2.75, 3.05) is 19.6 Å². The Hall–Kier alpha value is -1.16. The third-order valence-corrected chi connectivity index (χ3v) is 3.56. The highest BCUT2D eigenvalue weighted by atomic mass is 16.4. The minimum absolute atomic E-state index is 0.0648. The lowest BCUT2D eigenvalue weighted by atomic mass is 9.78. The molecule has 0 saturated carbocycles. The molecular weight excluding hydrogens is 253 g/mol. The molecule has 0 aromatic heterocycles. The molecule has 1 amide bonds. The van der Waals surface area contributed by atoms with Gasteiger partial charge >= 0.3 is 13.1 Å². The lowest BCUT2D eigenvalue weighted by molar-refractivity contribution is -0.144. The van der Waals surface area contributed by atoms with E-state index in [4.69, 9.17) is 21.5 Å². The van der Waals surface area contributed by atoms with Gasteiger partial charge in [-0.05, 0) is 12.7 Å². The van der Waals surface area contributed by atoms with Crippen molar-refractivity contribution in [2.45, 2.75) is 24.7 Å². The monoisotopic (exact) mass is 273 g/mol. The van der Waals surface area contributed by atoms with Gasteiger partial charge in [0.15, 0.2) is 0 Å². The lowest BCUT2D eigenvalue weighted by Crippen LogP contribution is -2.55. The van der Waals surface area contributed by atoms with Gasteiger partial charge in [-0.25, -0.2) is 0 Å². The SMILES string of the molecule is NCC(=O)N1C[C@H](CCCB(O)O)[C@](N)(C(=O)O)C1. The van der Waals surface area contributed by atoms with E-state index in [1.807, 2.05) is 0 Å². The van der Waals surface area contributed by atoms with Crippen LogP contribution in [0.3, 0.4) is 0 Å². The summed E-state index contributed by atoms with van der Waals surface area (Å²) in [4.78, 5) is 24.2. The smallest absolute Gasteiger partial charge is 0.451 e. The van der Waals surface area contributed by atoms with Gasteiger partial charge in [-0.3, -0.25) is 9.59 Å². The molecule has 1 fully saturated rings. The first kappa shape index (κ1) is 15.9. The first-order chi connectivity index (χ1) is 8.81. The molecule has 8 nitrogen and oxygen atoms in total. The maximum absolute atomic E-state index is 11.5. The number of nitrogens with two attached hydrogens (primary N) is 2. The lowest BCUT2D eigenvalue weighted by Gasteiger charge is -2.25. The second-order valence-corrected chi connectivity index (χ2v) is 4.93. The molecule has 0 bridgehead atoms. The zero-order chi connectivity index (χ0) is 14.6. The number of hydrogen-bond acceptors (Lipinski definition) is 6. The number of carbonyl (C=O) groups is 2. The highest BCUT2D eigenvalue weighted by Crippen LogP contribution is 2.30. The summed E-state index contributed by atoms with van der Waals surface area (Å²) in [7, 11) is -1.42. The Morgan fingerprint density at radius 2 is 2.05 bits per heavy atom. The molecular formula is C10H20BN3O5. The maximum atomic E-state index is 11.5. The number of carboxylic acids is 1. The van der Waals surface area contributed by atoms with Crippen LogP contribution in [0, 0.1) is 5.92 Å². The zero-order valence-corrected chi connectivity index (χ0v) is 10.7. The normalized spacial score (nSPS) is 26.5. The Morgan fingerprint density at radius 3 is 2.53 bits per heavy atom. The van der Waals surface area contributed by atoms with Gasteiger partial charge in [0.25, 0.3) is 0 Å². The Kier molecular flexibility index (Phi) is 5.30. The van der Waals surface area contributed by atoms with Gasteiger partial charge in [0.05, 0.1) is 6.54 Å². The van der Waals surface area contributed by atoms with Crippen LogP contribution in [0.1, 0.15) is 12.8 Å². The fraction of sp³-hybridized carbons (Fsp3) is 0.800. The first-order valence-electron chi connectivity index (χ1n) is 6.17. The number of hydrogen-bond donors (Lipinski definition) is 5. The summed E-state index contributed by atoms with van der Waals surface area (Å²) in [6.45, 7) is -0.0111. The highest BCUT2D eigenvalue weighted by Gasteiger charge is 2.50. The van der Waals surface area contributed by atoms with Gasteiger partial charge in [0.1, 0.15) is 5.54 Å². The van der Waals surface area contributed by atoms with E-state index in [0.717, 1.165) is 0 Å². The number of carboxylic acid groups (broad SMARTS) is 1. The number of likely N-dealkylation sites (tertiary alicyclic amines) is 1. The molecule has 1 aliphatic heterocycles. The second-order valence-electron chi connectivity index (χ2n) is 4.93. The quantitative estimate of drug-likeness (QED) is 0.334. The molecule has 0 radical (unpaired) electrons. The van der Waals surface area contributed by atoms with Crippen LogP contribution < -0.4 is 11.5 Å². The summed E-state index contributed by atoms with van der Waals surface area (Å²) >= 11 is 0. The molecule has 7 N–H and O–H groups in total. The molecule has 1 aliphatic rings. The maximum Gasteiger partial charge on any atom is 0.451 e. The van der Waals surface area contributed by atoms with Gasteiger partial charge in [0.2, 0.25) is 5.91 Å². The van der Waals surface area contributed by atoms with Crippen molar-refractivity contribution >= 4 is 19.0 Å².